The van der Waals surface area contributed by atoms with Crippen molar-refractivity contribution >= 4 is 17.4 Å². The van der Waals surface area contributed by atoms with E-state index >= 15 is 0 Å². The number of anilines is 1. The second-order valence-corrected chi connectivity index (χ2v) is 6.21. The number of carbonyl (C=O) groups is 2. The maximum Gasteiger partial charge on any atom is 0.276 e. The molecule has 5 nitrogen and oxygen atoms in total. The SMILES string of the molecule is O=C(c1ccccc1)c1cccc(NC(=O)c2ccn(-c3ccccc3)n2)c1. The summed E-state index contributed by atoms with van der Waals surface area (Å²) in [4.78, 5) is 25.1. The van der Waals surface area contributed by atoms with E-state index in [0.29, 0.717) is 22.5 Å². The number of para-hydroxylation sites is 1. The molecule has 3 aromatic carbocycles. The van der Waals surface area contributed by atoms with Crippen molar-refractivity contribution in [3.8, 4) is 5.69 Å². The Balaban J connectivity index is 1.51. The lowest BCUT2D eigenvalue weighted by Gasteiger charge is -2.06. The minimum Gasteiger partial charge on any atom is -0.321 e. The molecule has 0 aliphatic carbocycles. The monoisotopic (exact) mass is 367 g/mol. The van der Waals surface area contributed by atoms with Gasteiger partial charge < -0.3 is 5.32 Å². The lowest BCUT2D eigenvalue weighted by Crippen LogP contribution is -2.13. The molecule has 0 atom stereocenters. The standard InChI is InChI=1S/C23H17N3O2/c27-22(17-8-3-1-4-9-17)18-10-7-11-19(16-18)24-23(28)21-14-15-26(25-21)20-12-5-2-6-13-20/h1-16H,(H,24,28). The number of hydrogen-bond acceptors (Lipinski definition) is 3. The average Bonchev–Trinajstić information content (AvgIpc) is 3.25. The Morgan fingerprint density at radius 1 is 0.750 bits per heavy atom. The number of ketones is 1. The van der Waals surface area contributed by atoms with Gasteiger partial charge in [-0.25, -0.2) is 4.68 Å². The van der Waals surface area contributed by atoms with Gasteiger partial charge in [-0.1, -0.05) is 60.7 Å². The van der Waals surface area contributed by atoms with E-state index in [0.717, 1.165) is 5.69 Å². The molecule has 0 spiro atoms. The minimum absolute atomic E-state index is 0.0925. The molecule has 1 amide bonds. The van der Waals surface area contributed by atoms with Crippen molar-refractivity contribution in [1.82, 2.24) is 9.78 Å². The van der Waals surface area contributed by atoms with E-state index in [1.165, 1.54) is 0 Å². The van der Waals surface area contributed by atoms with Gasteiger partial charge in [0.1, 0.15) is 0 Å². The maximum absolute atomic E-state index is 12.6. The highest BCUT2D eigenvalue weighted by atomic mass is 16.2. The van der Waals surface area contributed by atoms with Crippen LogP contribution in [0.5, 0.6) is 0 Å². The Bertz CT molecular complexity index is 1120. The van der Waals surface area contributed by atoms with E-state index < -0.39 is 0 Å². The third-order valence-electron chi connectivity index (χ3n) is 4.26. The summed E-state index contributed by atoms with van der Waals surface area (Å²) in [5.74, 6) is -0.427. The number of benzene rings is 3. The Kier molecular flexibility index (Phi) is 4.80. The summed E-state index contributed by atoms with van der Waals surface area (Å²) >= 11 is 0. The molecule has 1 heterocycles. The number of nitrogens with zero attached hydrogens (tertiary/aromatic N) is 2. The van der Waals surface area contributed by atoms with Crippen LogP contribution in [0.25, 0.3) is 5.69 Å². The first-order chi connectivity index (χ1) is 13.7. The van der Waals surface area contributed by atoms with E-state index in [4.69, 9.17) is 0 Å². The average molecular weight is 367 g/mol. The van der Waals surface area contributed by atoms with Crippen LogP contribution in [-0.4, -0.2) is 21.5 Å². The number of nitrogens with one attached hydrogen (secondary N) is 1. The van der Waals surface area contributed by atoms with Crippen molar-refractivity contribution in [3.05, 3.63) is 114 Å². The molecule has 5 heteroatoms. The second-order valence-electron chi connectivity index (χ2n) is 6.21. The summed E-state index contributed by atoms with van der Waals surface area (Å²) in [6.07, 6.45) is 1.74. The number of amides is 1. The van der Waals surface area contributed by atoms with Crippen molar-refractivity contribution in [2.75, 3.05) is 5.32 Å². The lowest BCUT2D eigenvalue weighted by molar-refractivity contribution is 0.101. The minimum atomic E-state index is -0.334. The second kappa shape index (κ2) is 7.72. The maximum atomic E-state index is 12.6. The van der Waals surface area contributed by atoms with Gasteiger partial charge in [0.25, 0.3) is 5.91 Å². The summed E-state index contributed by atoms with van der Waals surface area (Å²) < 4.78 is 1.64. The molecule has 0 saturated heterocycles. The van der Waals surface area contributed by atoms with Gasteiger partial charge in [-0.3, -0.25) is 9.59 Å². The largest absolute Gasteiger partial charge is 0.321 e. The number of carbonyl (C=O) groups excluding carboxylic acids is 2. The summed E-state index contributed by atoms with van der Waals surface area (Å²) in [6.45, 7) is 0. The normalized spacial score (nSPS) is 10.4. The van der Waals surface area contributed by atoms with Crippen LogP contribution in [0.2, 0.25) is 0 Å². The predicted octanol–water partition coefficient (Wildman–Crippen LogP) is 4.36. The van der Waals surface area contributed by atoms with Gasteiger partial charge in [-0.05, 0) is 30.3 Å². The van der Waals surface area contributed by atoms with Gasteiger partial charge in [0.2, 0.25) is 0 Å². The van der Waals surface area contributed by atoms with Gasteiger partial charge in [0, 0.05) is 23.0 Å². The van der Waals surface area contributed by atoms with Crippen LogP contribution < -0.4 is 5.32 Å². The van der Waals surface area contributed by atoms with Crippen molar-refractivity contribution in [2.24, 2.45) is 0 Å². The van der Waals surface area contributed by atoms with Crippen molar-refractivity contribution < 1.29 is 9.59 Å². The van der Waals surface area contributed by atoms with Crippen molar-refractivity contribution in [1.29, 1.82) is 0 Å². The molecule has 28 heavy (non-hydrogen) atoms. The van der Waals surface area contributed by atoms with Crippen LogP contribution in [0.4, 0.5) is 5.69 Å². The van der Waals surface area contributed by atoms with E-state index in [1.807, 2.05) is 48.5 Å². The Labute approximate surface area is 162 Å². The molecule has 4 rings (SSSR count). The Morgan fingerprint density at radius 3 is 2.18 bits per heavy atom. The molecule has 0 unspecified atom stereocenters. The molecular formula is C23H17N3O2. The molecule has 0 aliphatic heterocycles. The summed E-state index contributed by atoms with van der Waals surface area (Å²) in [6, 6.07) is 27.1. The molecule has 1 aromatic heterocycles. The van der Waals surface area contributed by atoms with Crippen molar-refractivity contribution in [3.63, 3.8) is 0 Å². The smallest absolute Gasteiger partial charge is 0.276 e. The molecule has 1 N–H and O–H groups in total. The predicted molar refractivity (Wildman–Crippen MR) is 108 cm³/mol. The van der Waals surface area contributed by atoms with Crippen LogP contribution in [-0.2, 0) is 0 Å². The highest BCUT2D eigenvalue weighted by Gasteiger charge is 2.13. The summed E-state index contributed by atoms with van der Waals surface area (Å²) in [7, 11) is 0. The van der Waals surface area contributed by atoms with Gasteiger partial charge in [-0.15, -0.1) is 0 Å². The Morgan fingerprint density at radius 2 is 1.43 bits per heavy atom. The lowest BCUT2D eigenvalue weighted by atomic mass is 10.0. The van der Waals surface area contributed by atoms with Crippen LogP contribution in [0.1, 0.15) is 26.4 Å². The van der Waals surface area contributed by atoms with Crippen LogP contribution >= 0.6 is 0 Å². The van der Waals surface area contributed by atoms with Gasteiger partial charge >= 0.3 is 0 Å². The zero-order chi connectivity index (χ0) is 19.3. The molecular weight excluding hydrogens is 350 g/mol. The topological polar surface area (TPSA) is 64.0 Å². The van der Waals surface area contributed by atoms with E-state index in [-0.39, 0.29) is 11.7 Å². The molecule has 0 radical (unpaired) electrons. The molecule has 0 saturated carbocycles. The quantitative estimate of drug-likeness (QED) is 0.533. The van der Waals surface area contributed by atoms with Crippen LogP contribution in [0, 0.1) is 0 Å². The zero-order valence-corrected chi connectivity index (χ0v) is 14.9. The fourth-order valence-electron chi connectivity index (χ4n) is 2.86. The first-order valence-corrected chi connectivity index (χ1v) is 8.83. The molecule has 136 valence electrons. The van der Waals surface area contributed by atoms with E-state index in [9.17, 15) is 9.59 Å². The van der Waals surface area contributed by atoms with Gasteiger partial charge in [0.05, 0.1) is 5.69 Å². The van der Waals surface area contributed by atoms with E-state index in [2.05, 4.69) is 10.4 Å². The van der Waals surface area contributed by atoms with Gasteiger partial charge in [0.15, 0.2) is 11.5 Å². The third-order valence-corrected chi connectivity index (χ3v) is 4.26. The summed E-state index contributed by atoms with van der Waals surface area (Å²) in [5.41, 5.74) is 2.83. The molecule has 0 fully saturated rings. The van der Waals surface area contributed by atoms with Gasteiger partial charge in [-0.2, -0.15) is 5.10 Å². The molecule has 4 aromatic rings. The third kappa shape index (κ3) is 3.73. The summed E-state index contributed by atoms with van der Waals surface area (Å²) in [5, 5.41) is 7.12. The van der Waals surface area contributed by atoms with E-state index in [1.54, 1.807) is 53.3 Å². The molecule has 0 bridgehead atoms. The fourth-order valence-corrected chi connectivity index (χ4v) is 2.86. The molecule has 0 aliphatic rings. The Hall–Kier alpha value is -3.99. The highest BCUT2D eigenvalue weighted by Crippen LogP contribution is 2.16. The fraction of sp³-hybridized carbons (Fsp3) is 0. The van der Waals surface area contributed by atoms with Crippen molar-refractivity contribution in [2.45, 2.75) is 0 Å². The van der Waals surface area contributed by atoms with Crippen LogP contribution in [0.3, 0.4) is 0 Å². The van der Waals surface area contributed by atoms with Crippen LogP contribution in [0.15, 0.2) is 97.2 Å². The first-order valence-electron chi connectivity index (χ1n) is 8.83. The first kappa shape index (κ1) is 17.4. The zero-order valence-electron chi connectivity index (χ0n) is 14.9. The number of hydrogen-bond donors (Lipinski definition) is 1. The number of aromatic nitrogens is 2. The highest BCUT2D eigenvalue weighted by molar-refractivity contribution is 6.10. The number of rotatable bonds is 5.